The first-order valence-corrected chi connectivity index (χ1v) is 13.8. The van der Waals surface area contributed by atoms with Crippen LogP contribution in [-0.4, -0.2) is 57.1 Å². The van der Waals surface area contributed by atoms with Crippen LogP contribution in [-0.2, 0) is 11.3 Å². The molecule has 202 valence electrons. The van der Waals surface area contributed by atoms with Gasteiger partial charge in [0.05, 0.1) is 22.6 Å². The van der Waals surface area contributed by atoms with Gasteiger partial charge in [-0.1, -0.05) is 11.6 Å². The number of aromatic nitrogens is 2. The van der Waals surface area contributed by atoms with Crippen LogP contribution in [0.5, 0.6) is 0 Å². The van der Waals surface area contributed by atoms with Crippen LogP contribution in [0.3, 0.4) is 0 Å². The Balaban J connectivity index is 1.62. The van der Waals surface area contributed by atoms with Crippen molar-refractivity contribution in [3.8, 4) is 11.1 Å². The molecule has 1 saturated heterocycles. The second kappa shape index (κ2) is 9.72. The molecular formula is C27H29ClF2N4O3S. The van der Waals surface area contributed by atoms with Crippen molar-refractivity contribution in [1.29, 1.82) is 0 Å². The molecule has 0 spiro atoms. The zero-order chi connectivity index (χ0) is 27.5. The molecule has 1 fully saturated rings. The van der Waals surface area contributed by atoms with Crippen LogP contribution >= 0.6 is 23.4 Å². The van der Waals surface area contributed by atoms with E-state index in [1.165, 1.54) is 23.9 Å². The lowest BCUT2D eigenvalue weighted by Gasteiger charge is -2.45. The first-order chi connectivity index (χ1) is 17.9. The average molecular weight is 563 g/mol. The molecule has 3 heterocycles. The number of carbonyl (C=O) groups excluding carboxylic acids is 1. The molecule has 7 nitrogen and oxygen atoms in total. The Bertz CT molecular complexity index is 1490. The lowest BCUT2D eigenvalue weighted by atomic mass is 10.0. The maximum Gasteiger partial charge on any atom is 0.410 e. The van der Waals surface area contributed by atoms with Crippen molar-refractivity contribution in [2.75, 3.05) is 23.7 Å². The van der Waals surface area contributed by atoms with Gasteiger partial charge in [0.1, 0.15) is 23.1 Å². The van der Waals surface area contributed by atoms with Crippen molar-refractivity contribution < 1.29 is 18.3 Å². The summed E-state index contributed by atoms with van der Waals surface area (Å²) in [6, 6.07) is 4.67. The summed E-state index contributed by atoms with van der Waals surface area (Å²) < 4.78 is 35.7. The van der Waals surface area contributed by atoms with Crippen LogP contribution in [0.25, 0.3) is 22.0 Å². The van der Waals surface area contributed by atoms with Gasteiger partial charge >= 0.3 is 11.8 Å². The highest BCUT2D eigenvalue weighted by molar-refractivity contribution is 7.99. The Kier molecular flexibility index (Phi) is 6.84. The maximum atomic E-state index is 14.9. The first kappa shape index (κ1) is 26.7. The van der Waals surface area contributed by atoms with Crippen molar-refractivity contribution in [2.45, 2.75) is 63.7 Å². The lowest BCUT2D eigenvalue weighted by Crippen LogP contribution is -2.59. The Labute approximate surface area is 228 Å². The Hall–Kier alpha value is -2.85. The molecule has 3 aromatic rings. The molecule has 2 aliphatic heterocycles. The number of halogens is 3. The number of ether oxygens (including phenoxy) is 1. The normalized spacial score (nSPS) is 19.7. The molecule has 2 aromatic carbocycles. The molecule has 1 amide bonds. The topological polar surface area (TPSA) is 67.7 Å². The standard InChI is InChI=1S/C27H29ClF2N4O3S/c1-14-12-32(13-15(2)34(14)26(36)37-27(3,4)5)24-18-11-19(28)21(17-7-6-16(29)10-20(17)30)23-22(18)33(8-9-38-23)25(35)31-24/h6-7,10-11,14-15H,8-9,12-13H2,1-5H3/t14-,15+. The summed E-state index contributed by atoms with van der Waals surface area (Å²) in [6.45, 7) is 10.7. The van der Waals surface area contributed by atoms with E-state index in [2.05, 4.69) is 4.98 Å². The third kappa shape index (κ3) is 4.73. The largest absolute Gasteiger partial charge is 0.444 e. The van der Waals surface area contributed by atoms with E-state index in [0.29, 0.717) is 52.6 Å². The van der Waals surface area contributed by atoms with Crippen molar-refractivity contribution in [3.05, 3.63) is 51.4 Å². The molecule has 0 saturated carbocycles. The average Bonchev–Trinajstić information content (AvgIpc) is 2.80. The number of amides is 1. The number of anilines is 1. The molecule has 1 aromatic heterocycles. The highest BCUT2D eigenvalue weighted by Gasteiger charge is 2.37. The van der Waals surface area contributed by atoms with Crippen LogP contribution in [0.1, 0.15) is 34.6 Å². The summed E-state index contributed by atoms with van der Waals surface area (Å²) in [5.41, 5.74) is 0.221. The molecule has 0 aliphatic carbocycles. The third-order valence-corrected chi connectivity index (χ3v) is 8.11. The minimum atomic E-state index is -0.724. The van der Waals surface area contributed by atoms with Gasteiger partial charge in [0, 0.05) is 52.9 Å². The van der Waals surface area contributed by atoms with Gasteiger partial charge in [-0.3, -0.25) is 9.47 Å². The van der Waals surface area contributed by atoms with Gasteiger partial charge in [-0.15, -0.1) is 11.8 Å². The molecule has 2 atom stereocenters. The van der Waals surface area contributed by atoms with Crippen LogP contribution in [0.2, 0.25) is 5.02 Å². The monoisotopic (exact) mass is 562 g/mol. The summed E-state index contributed by atoms with van der Waals surface area (Å²) in [5, 5.41) is 0.960. The number of aryl methyl sites for hydroxylation is 1. The van der Waals surface area contributed by atoms with Crippen LogP contribution < -0.4 is 10.6 Å². The van der Waals surface area contributed by atoms with E-state index in [9.17, 15) is 18.4 Å². The number of hydrogen-bond donors (Lipinski definition) is 0. The molecule has 0 unspecified atom stereocenters. The number of piperazine rings is 1. The number of carbonyl (C=O) groups is 1. The number of thioether (sulfide) groups is 1. The van der Waals surface area contributed by atoms with Gasteiger partial charge in [0.15, 0.2) is 0 Å². The second-order valence-corrected chi connectivity index (χ2v) is 12.3. The number of nitrogens with zero attached hydrogens (tertiary/aromatic N) is 4. The maximum absolute atomic E-state index is 14.9. The third-order valence-electron chi connectivity index (χ3n) is 6.73. The second-order valence-electron chi connectivity index (χ2n) is 10.8. The quantitative estimate of drug-likeness (QED) is 0.385. The smallest absolute Gasteiger partial charge is 0.410 e. The fourth-order valence-electron chi connectivity index (χ4n) is 5.30. The van der Waals surface area contributed by atoms with Gasteiger partial charge < -0.3 is 9.64 Å². The van der Waals surface area contributed by atoms with E-state index in [1.807, 2.05) is 39.5 Å². The summed E-state index contributed by atoms with van der Waals surface area (Å²) in [4.78, 5) is 34.9. The lowest BCUT2D eigenvalue weighted by molar-refractivity contribution is 0.00562. The molecule has 0 bridgehead atoms. The van der Waals surface area contributed by atoms with Crippen LogP contribution in [0.4, 0.5) is 19.4 Å². The minimum absolute atomic E-state index is 0.174. The Morgan fingerprint density at radius 3 is 2.47 bits per heavy atom. The summed E-state index contributed by atoms with van der Waals surface area (Å²) in [6.07, 6.45) is -0.382. The zero-order valence-corrected chi connectivity index (χ0v) is 23.4. The minimum Gasteiger partial charge on any atom is -0.444 e. The molecular weight excluding hydrogens is 534 g/mol. The SMILES string of the molecule is C[C@@H]1CN(c2nc(=O)n3c4c(c(-c5ccc(F)cc5F)c(Cl)cc24)SCC3)C[C@H](C)N1C(=O)OC(C)(C)C. The number of rotatable bonds is 2. The highest BCUT2D eigenvalue weighted by Crippen LogP contribution is 2.46. The molecule has 38 heavy (non-hydrogen) atoms. The van der Waals surface area contributed by atoms with Crippen molar-refractivity contribution in [1.82, 2.24) is 14.5 Å². The van der Waals surface area contributed by atoms with E-state index in [1.54, 1.807) is 15.5 Å². The molecule has 0 N–H and O–H groups in total. The summed E-state index contributed by atoms with van der Waals surface area (Å²) >= 11 is 8.25. The van der Waals surface area contributed by atoms with Crippen LogP contribution in [0.15, 0.2) is 34.0 Å². The summed E-state index contributed by atoms with van der Waals surface area (Å²) in [5.74, 6) is -0.345. The van der Waals surface area contributed by atoms with E-state index in [4.69, 9.17) is 16.3 Å². The number of benzene rings is 2. The molecule has 2 aliphatic rings. The van der Waals surface area contributed by atoms with Gasteiger partial charge in [0.25, 0.3) is 0 Å². The van der Waals surface area contributed by atoms with Gasteiger partial charge in [-0.2, -0.15) is 4.98 Å². The summed E-state index contributed by atoms with van der Waals surface area (Å²) in [7, 11) is 0. The van der Waals surface area contributed by atoms with E-state index in [-0.39, 0.29) is 28.8 Å². The number of hydrogen-bond acceptors (Lipinski definition) is 6. The Morgan fingerprint density at radius 1 is 1.16 bits per heavy atom. The van der Waals surface area contributed by atoms with E-state index < -0.39 is 22.9 Å². The Morgan fingerprint density at radius 2 is 1.84 bits per heavy atom. The van der Waals surface area contributed by atoms with E-state index >= 15 is 0 Å². The predicted molar refractivity (Wildman–Crippen MR) is 146 cm³/mol. The van der Waals surface area contributed by atoms with Crippen molar-refractivity contribution in [2.24, 2.45) is 0 Å². The fraction of sp³-hybridized carbons (Fsp3) is 0.444. The van der Waals surface area contributed by atoms with Crippen LogP contribution in [0, 0.1) is 11.6 Å². The predicted octanol–water partition coefficient (Wildman–Crippen LogP) is 5.93. The molecule has 11 heteroatoms. The van der Waals surface area contributed by atoms with E-state index in [0.717, 1.165) is 6.07 Å². The van der Waals surface area contributed by atoms with Gasteiger partial charge in [0.2, 0.25) is 0 Å². The van der Waals surface area contributed by atoms with Crippen molar-refractivity contribution >= 4 is 46.2 Å². The van der Waals surface area contributed by atoms with Gasteiger partial charge in [-0.05, 0) is 52.8 Å². The van der Waals surface area contributed by atoms with Gasteiger partial charge in [-0.25, -0.2) is 18.4 Å². The first-order valence-electron chi connectivity index (χ1n) is 12.5. The highest BCUT2D eigenvalue weighted by atomic mass is 35.5. The fourth-order valence-corrected chi connectivity index (χ4v) is 6.86. The molecule has 0 radical (unpaired) electrons. The molecule has 5 rings (SSSR count). The van der Waals surface area contributed by atoms with Crippen molar-refractivity contribution in [3.63, 3.8) is 0 Å². The zero-order valence-electron chi connectivity index (χ0n) is 21.8.